The van der Waals surface area contributed by atoms with Crippen molar-refractivity contribution < 1.29 is 9.63 Å². The molecule has 0 spiro atoms. The molecule has 0 bridgehead atoms. The van der Waals surface area contributed by atoms with Gasteiger partial charge in [0.2, 0.25) is 0 Å². The number of halogens is 1. The van der Waals surface area contributed by atoms with Gasteiger partial charge in [0.25, 0.3) is 0 Å². The number of carbonyl (C=O) groups is 1. The van der Waals surface area contributed by atoms with E-state index in [0.717, 1.165) is 0 Å². The number of nitrogens with two attached hydrogens (primary N) is 2. The maximum absolute atomic E-state index is 10.7. The first-order chi connectivity index (χ1) is 6.02. The van der Waals surface area contributed by atoms with E-state index in [1.807, 2.05) is 0 Å². The quantitative estimate of drug-likeness (QED) is 0.562. The van der Waals surface area contributed by atoms with Crippen LogP contribution >= 0.6 is 15.9 Å². The molecule has 0 atom stereocenters. The first-order valence-corrected chi connectivity index (χ1v) is 4.29. The van der Waals surface area contributed by atoms with Crippen LogP contribution in [0.1, 0.15) is 13.3 Å². The Kier molecular flexibility index (Phi) is 5.33. The smallest absolute Gasteiger partial charge is 0.330 e. The van der Waals surface area contributed by atoms with Gasteiger partial charge >= 0.3 is 5.97 Å². The molecule has 0 aliphatic rings. The zero-order valence-electron chi connectivity index (χ0n) is 7.50. The van der Waals surface area contributed by atoms with Gasteiger partial charge in [0.05, 0.1) is 10.9 Å². The van der Waals surface area contributed by atoms with Crippen molar-refractivity contribution in [2.45, 2.75) is 13.3 Å². The topological polar surface area (TPSA) is 90.7 Å². The Bertz CT molecular complexity index is 260. The van der Waals surface area contributed by atoms with Gasteiger partial charge in [-0.3, -0.25) is 4.99 Å². The first-order valence-electron chi connectivity index (χ1n) is 3.50. The van der Waals surface area contributed by atoms with Gasteiger partial charge in [-0.1, -0.05) is 0 Å². The van der Waals surface area contributed by atoms with Crippen molar-refractivity contribution in [2.75, 3.05) is 7.05 Å². The molecular weight excluding hydrogens is 238 g/mol. The highest BCUT2D eigenvalue weighted by Gasteiger charge is 2.08. The summed E-state index contributed by atoms with van der Waals surface area (Å²) >= 11 is 3.20. The number of rotatable bonds is 3. The lowest BCUT2D eigenvalue weighted by atomic mass is 10.2. The van der Waals surface area contributed by atoms with Crippen molar-refractivity contribution in [1.29, 1.82) is 0 Å². The molecule has 0 aliphatic heterocycles. The number of allylic oxidation sites excluding steroid dienone is 1. The third-order valence-electron chi connectivity index (χ3n) is 1.40. The largest absolute Gasteiger partial charge is 0.401 e. The van der Waals surface area contributed by atoms with Gasteiger partial charge in [0.1, 0.15) is 0 Å². The van der Waals surface area contributed by atoms with Crippen LogP contribution in [-0.2, 0) is 9.63 Å². The molecule has 74 valence electrons. The average molecular weight is 250 g/mol. The lowest BCUT2D eigenvalue weighted by Gasteiger charge is -2.03. The number of aliphatic imine (C=N–C) groups is 1. The lowest BCUT2D eigenvalue weighted by Crippen LogP contribution is -2.15. The molecule has 0 aliphatic carbocycles. The van der Waals surface area contributed by atoms with E-state index in [-0.39, 0.29) is 6.42 Å². The predicted octanol–water partition coefficient (Wildman–Crippen LogP) is 0.449. The van der Waals surface area contributed by atoms with E-state index in [1.54, 1.807) is 14.0 Å². The van der Waals surface area contributed by atoms with Gasteiger partial charge in [-0.15, -0.1) is 0 Å². The van der Waals surface area contributed by atoms with Crippen molar-refractivity contribution in [3.05, 3.63) is 10.2 Å². The number of carbonyl (C=O) groups excluding carboxylic acids is 1. The highest BCUT2D eigenvalue weighted by Crippen LogP contribution is 2.13. The van der Waals surface area contributed by atoms with E-state index < -0.39 is 5.97 Å². The van der Waals surface area contributed by atoms with Gasteiger partial charge in [-0.2, -0.15) is 5.90 Å². The van der Waals surface area contributed by atoms with E-state index in [2.05, 4.69) is 31.7 Å². The minimum Gasteiger partial charge on any atom is -0.401 e. The minimum atomic E-state index is -0.585. The summed E-state index contributed by atoms with van der Waals surface area (Å²) in [5.74, 6) is 4.07. The Labute approximate surface area is 84.9 Å². The van der Waals surface area contributed by atoms with Crippen LogP contribution in [0.4, 0.5) is 0 Å². The van der Waals surface area contributed by atoms with Crippen molar-refractivity contribution >= 4 is 27.6 Å². The van der Waals surface area contributed by atoms with Crippen molar-refractivity contribution in [3.8, 4) is 0 Å². The Balaban J connectivity index is 4.54. The Morgan fingerprint density at radius 1 is 1.62 bits per heavy atom. The van der Waals surface area contributed by atoms with Crippen LogP contribution in [0.5, 0.6) is 0 Å². The highest BCUT2D eigenvalue weighted by atomic mass is 79.9. The molecule has 0 radical (unpaired) electrons. The van der Waals surface area contributed by atoms with Crippen LogP contribution < -0.4 is 11.6 Å². The molecule has 0 unspecified atom stereocenters. The van der Waals surface area contributed by atoms with Gasteiger partial charge in [0, 0.05) is 18.5 Å². The molecule has 0 saturated carbocycles. The van der Waals surface area contributed by atoms with Gasteiger partial charge in [-0.25, -0.2) is 4.79 Å². The Hall–Kier alpha value is -0.880. The second-order valence-electron chi connectivity index (χ2n) is 2.31. The molecule has 4 N–H and O–H groups in total. The van der Waals surface area contributed by atoms with E-state index in [9.17, 15) is 4.79 Å². The summed E-state index contributed by atoms with van der Waals surface area (Å²) in [5, 5.41) is 0. The molecule has 0 saturated heterocycles. The van der Waals surface area contributed by atoms with Gasteiger partial charge in [-0.05, 0) is 22.9 Å². The van der Waals surface area contributed by atoms with E-state index in [0.29, 0.717) is 15.9 Å². The second kappa shape index (κ2) is 5.71. The summed E-state index contributed by atoms with van der Waals surface area (Å²) < 4.78 is 0.598. The Morgan fingerprint density at radius 2 is 2.15 bits per heavy atom. The van der Waals surface area contributed by atoms with Crippen LogP contribution in [0.15, 0.2) is 15.2 Å². The molecule has 0 aromatic heterocycles. The van der Waals surface area contributed by atoms with Crippen molar-refractivity contribution in [2.24, 2.45) is 16.6 Å². The summed E-state index contributed by atoms with van der Waals surface area (Å²) in [6.45, 7) is 1.77. The van der Waals surface area contributed by atoms with Crippen LogP contribution in [0.25, 0.3) is 0 Å². The molecule has 0 heterocycles. The van der Waals surface area contributed by atoms with E-state index in [1.165, 1.54) is 0 Å². The molecule has 0 amide bonds. The monoisotopic (exact) mass is 249 g/mol. The summed E-state index contributed by atoms with van der Waals surface area (Å²) in [4.78, 5) is 18.6. The van der Waals surface area contributed by atoms with Gasteiger partial charge in [0.15, 0.2) is 0 Å². The molecule has 0 fully saturated rings. The lowest BCUT2D eigenvalue weighted by molar-refractivity contribution is -0.143. The summed E-state index contributed by atoms with van der Waals surface area (Å²) in [5.41, 5.74) is 6.62. The summed E-state index contributed by atoms with van der Waals surface area (Å²) in [6, 6.07) is 0. The fourth-order valence-corrected chi connectivity index (χ4v) is 0.923. The number of nitrogens with zero attached hydrogens (tertiary/aromatic N) is 1. The summed E-state index contributed by atoms with van der Waals surface area (Å²) in [6.07, 6.45) is -0.0516. The first kappa shape index (κ1) is 12.1. The van der Waals surface area contributed by atoms with Crippen LogP contribution in [0.3, 0.4) is 0 Å². The van der Waals surface area contributed by atoms with Crippen LogP contribution in [-0.4, -0.2) is 18.7 Å². The second-order valence-corrected chi connectivity index (χ2v) is 3.11. The van der Waals surface area contributed by atoms with Crippen molar-refractivity contribution in [1.82, 2.24) is 0 Å². The van der Waals surface area contributed by atoms with Crippen molar-refractivity contribution in [3.63, 3.8) is 0 Å². The molecular formula is C7H12BrN3O2. The van der Waals surface area contributed by atoms with Crippen LogP contribution in [0.2, 0.25) is 0 Å². The molecule has 0 aromatic carbocycles. The Morgan fingerprint density at radius 3 is 2.54 bits per heavy atom. The van der Waals surface area contributed by atoms with Crippen LogP contribution in [0, 0.1) is 0 Å². The minimum absolute atomic E-state index is 0.0516. The summed E-state index contributed by atoms with van der Waals surface area (Å²) in [7, 11) is 1.63. The van der Waals surface area contributed by atoms with Gasteiger partial charge < -0.3 is 10.6 Å². The molecule has 0 aromatic rings. The number of hydrogen-bond acceptors (Lipinski definition) is 5. The molecule has 13 heavy (non-hydrogen) atoms. The zero-order chi connectivity index (χ0) is 10.4. The van der Waals surface area contributed by atoms with E-state index >= 15 is 0 Å². The third kappa shape index (κ3) is 4.05. The maximum atomic E-state index is 10.7. The fourth-order valence-electron chi connectivity index (χ4n) is 0.605. The average Bonchev–Trinajstić information content (AvgIpc) is 2.14. The fraction of sp³-hybridized carbons (Fsp3) is 0.429. The normalized spacial score (nSPS) is 13.7. The molecule has 5 nitrogen and oxygen atoms in total. The SMILES string of the molecule is CN=C(C)C(Br)=C(N)CC(=O)ON. The zero-order valence-corrected chi connectivity index (χ0v) is 9.09. The third-order valence-corrected chi connectivity index (χ3v) is 2.48. The molecule has 0 rings (SSSR count). The predicted molar refractivity (Wildman–Crippen MR) is 54.1 cm³/mol. The molecule has 6 heteroatoms. The standard InChI is InChI=1S/C7H12BrN3O2/c1-4(11-2)7(8)5(9)3-6(12)13-10/h3,9-10H2,1-2H3. The highest BCUT2D eigenvalue weighted by molar-refractivity contribution is 9.12. The number of hydrogen-bond donors (Lipinski definition) is 2. The maximum Gasteiger partial charge on any atom is 0.330 e. The van der Waals surface area contributed by atoms with E-state index in [4.69, 9.17) is 5.73 Å².